The van der Waals surface area contributed by atoms with Crippen molar-refractivity contribution in [3.63, 3.8) is 0 Å². The zero-order chi connectivity index (χ0) is 48.8. The number of aromatic nitrogens is 4. The molecule has 14 nitrogen and oxygen atoms in total. The number of carbonyl (C=O) groups is 3. The van der Waals surface area contributed by atoms with E-state index in [1.807, 2.05) is 63.2 Å². The zero-order valence-electron chi connectivity index (χ0n) is 39.2. The number of rotatable bonds is 22. The van der Waals surface area contributed by atoms with Crippen molar-refractivity contribution in [2.24, 2.45) is 5.41 Å². The number of hydrazine groups is 1. The SMILES string of the molecule is C=C(CCCC)NNCCc1c(N)cccc1C=O.C=CNCCN(CCCC(C)(C)CNC(C)=O)c1ccc(-c2n[nH]c3ccc(-c4c(Cl)cncc4Cl)cc23)cn1.C=O.CC.CO. The lowest BCUT2D eigenvalue weighted by Gasteiger charge is -2.28. The lowest BCUT2D eigenvalue weighted by Crippen LogP contribution is -2.35. The van der Waals surface area contributed by atoms with Crippen molar-refractivity contribution in [2.45, 2.75) is 80.1 Å². The molecule has 0 atom stereocenters. The van der Waals surface area contributed by atoms with Crippen LogP contribution in [-0.2, 0) is 16.0 Å². The first-order valence-electron chi connectivity index (χ1n) is 21.7. The highest BCUT2D eigenvalue weighted by Crippen LogP contribution is 2.37. The van der Waals surface area contributed by atoms with E-state index in [1.54, 1.807) is 37.7 Å². The maximum atomic E-state index is 11.3. The summed E-state index contributed by atoms with van der Waals surface area (Å²) in [7, 11) is 1.00. The standard InChI is InChI=1S/C30H35Cl2N7O.C15H23N3O.C2H6.CH4O.CH2O/c1-5-33-12-14-39(13-6-11-30(3,4)19-36-20(2)40)27-10-8-22(16-35-27)29-23-15-21(7-9-26(23)37-38-29)28-24(31)17-34-18-25(28)32;1-3-4-6-12(2)18-17-10-9-14-13(11-19)7-5-8-15(14)16;3*1-2/h5,7-10,15-18,33H,1,6,11-14,19H2,2-4H3,(H,36,40)(H,37,38);5,7-8,11,17-18H,2-4,6,9-10,16H2,1H3;1-2H3;2H,1H3;1H2. The van der Waals surface area contributed by atoms with Crippen molar-refractivity contribution in [1.29, 1.82) is 0 Å². The largest absolute Gasteiger partial charge is 0.400 e. The summed E-state index contributed by atoms with van der Waals surface area (Å²) >= 11 is 12.8. The van der Waals surface area contributed by atoms with Gasteiger partial charge in [-0.3, -0.25) is 19.7 Å². The predicted octanol–water partition coefficient (Wildman–Crippen LogP) is 9.35. The van der Waals surface area contributed by atoms with Gasteiger partial charge in [-0.2, -0.15) is 5.10 Å². The highest BCUT2D eigenvalue weighted by molar-refractivity contribution is 6.39. The number of nitrogens with zero attached hydrogens (tertiary/aromatic N) is 4. The fraction of sp³-hybridized carbons (Fsp3) is 0.388. The molecule has 3 aromatic heterocycles. The third-order valence-corrected chi connectivity index (χ3v) is 10.4. The van der Waals surface area contributed by atoms with Crippen molar-refractivity contribution in [2.75, 3.05) is 50.5 Å². The van der Waals surface area contributed by atoms with Crippen molar-refractivity contribution in [3.8, 4) is 22.4 Å². The first-order valence-corrected chi connectivity index (χ1v) is 22.4. The molecule has 0 aliphatic carbocycles. The third kappa shape index (κ3) is 19.5. The Morgan fingerprint density at radius 3 is 2.29 bits per heavy atom. The molecule has 1 amide bonds. The molecule has 2 aromatic carbocycles. The van der Waals surface area contributed by atoms with Crippen LogP contribution in [0.15, 0.2) is 92.2 Å². The second-order valence-electron chi connectivity index (χ2n) is 15.1. The topological polar surface area (TPSA) is 203 Å². The number of aliphatic hydroxyl groups excluding tert-OH is 1. The fourth-order valence-electron chi connectivity index (χ4n) is 6.48. The van der Waals surface area contributed by atoms with Crippen LogP contribution in [0.5, 0.6) is 0 Å². The number of anilines is 2. The molecular weight excluding hydrogens is 864 g/mol. The van der Waals surface area contributed by atoms with Crippen LogP contribution in [0.1, 0.15) is 89.6 Å². The summed E-state index contributed by atoms with van der Waals surface area (Å²) in [6.07, 6.45) is 13.5. The van der Waals surface area contributed by atoms with Gasteiger partial charge in [0.05, 0.1) is 15.6 Å². The van der Waals surface area contributed by atoms with E-state index in [-0.39, 0.29) is 11.3 Å². The van der Waals surface area contributed by atoms with E-state index in [4.69, 9.17) is 43.8 Å². The minimum Gasteiger partial charge on any atom is -0.400 e. The van der Waals surface area contributed by atoms with Gasteiger partial charge in [0.15, 0.2) is 0 Å². The van der Waals surface area contributed by atoms with Crippen LogP contribution in [0.3, 0.4) is 0 Å². The van der Waals surface area contributed by atoms with Crippen LogP contribution in [0.4, 0.5) is 11.5 Å². The van der Waals surface area contributed by atoms with Crippen LogP contribution in [0, 0.1) is 5.41 Å². The van der Waals surface area contributed by atoms with E-state index >= 15 is 0 Å². The average Bonchev–Trinajstić information content (AvgIpc) is 3.74. The summed E-state index contributed by atoms with van der Waals surface area (Å²) in [5, 5.41) is 22.7. The van der Waals surface area contributed by atoms with Crippen LogP contribution < -0.4 is 32.1 Å². The van der Waals surface area contributed by atoms with E-state index < -0.39 is 0 Å². The Labute approximate surface area is 395 Å². The molecular formula is C49H70Cl2N10O4. The molecule has 16 heteroatoms. The lowest BCUT2D eigenvalue weighted by molar-refractivity contribution is -0.119. The van der Waals surface area contributed by atoms with Crippen LogP contribution in [-0.4, -0.2) is 84.1 Å². The Bertz CT molecular complexity index is 2160. The highest BCUT2D eigenvalue weighted by Gasteiger charge is 2.20. The summed E-state index contributed by atoms with van der Waals surface area (Å²) in [4.78, 5) is 41.4. The number of nitrogen functional groups attached to an aromatic ring is 1. The Morgan fingerprint density at radius 2 is 1.68 bits per heavy atom. The number of hydrogen-bond donors (Lipinski definition) is 7. The molecule has 0 radical (unpaired) electrons. The maximum Gasteiger partial charge on any atom is 0.216 e. The van der Waals surface area contributed by atoms with E-state index in [0.717, 1.165) is 115 Å². The highest BCUT2D eigenvalue weighted by atomic mass is 35.5. The number of nitrogens with two attached hydrogens (primary N) is 1. The number of hydrogen-bond acceptors (Lipinski definition) is 12. The van der Waals surface area contributed by atoms with Crippen molar-refractivity contribution in [3.05, 3.63) is 113 Å². The van der Waals surface area contributed by atoms with Crippen LogP contribution >= 0.6 is 23.2 Å². The lowest BCUT2D eigenvalue weighted by atomic mass is 9.87. The van der Waals surface area contributed by atoms with Gasteiger partial charge in [-0.15, -0.1) is 0 Å². The molecule has 0 unspecified atom stereocenters. The van der Waals surface area contributed by atoms with Gasteiger partial charge in [-0.25, -0.2) is 10.4 Å². The molecule has 0 saturated carbocycles. The minimum absolute atomic E-state index is 0.000340. The first kappa shape index (κ1) is 57.2. The molecule has 0 spiro atoms. The first-order chi connectivity index (χ1) is 31.4. The molecule has 0 saturated heterocycles. The van der Waals surface area contributed by atoms with E-state index in [1.165, 1.54) is 0 Å². The molecule has 354 valence electrons. The second kappa shape index (κ2) is 32.0. The van der Waals surface area contributed by atoms with Gasteiger partial charge in [0.1, 0.15) is 24.6 Å². The summed E-state index contributed by atoms with van der Waals surface area (Å²) in [5.74, 6) is 0.894. The molecule has 0 fully saturated rings. The van der Waals surface area contributed by atoms with Crippen LogP contribution in [0.25, 0.3) is 33.3 Å². The number of aliphatic hydroxyl groups is 1. The number of carbonyl (C=O) groups excluding carboxylic acids is 3. The quantitative estimate of drug-likeness (QED) is 0.0150. The Kier molecular flexibility index (Phi) is 28.1. The summed E-state index contributed by atoms with van der Waals surface area (Å²) in [5.41, 5.74) is 19.5. The molecule has 0 aliphatic heterocycles. The summed E-state index contributed by atoms with van der Waals surface area (Å²) < 4.78 is 0. The third-order valence-electron chi connectivity index (χ3n) is 9.79. The molecule has 5 rings (SSSR count). The molecule has 0 bridgehead atoms. The number of H-pyrrole nitrogens is 1. The number of amides is 1. The molecule has 3 heterocycles. The van der Waals surface area contributed by atoms with Gasteiger partial charge in [0.25, 0.3) is 0 Å². The number of halogens is 2. The monoisotopic (exact) mass is 932 g/mol. The number of fused-ring (bicyclic) bond motifs is 1. The fourth-order valence-corrected chi connectivity index (χ4v) is 7.07. The Hall–Kier alpha value is -5.80. The Balaban J connectivity index is 0.000000709. The number of nitrogens with one attached hydrogen (secondary N) is 5. The minimum atomic E-state index is 0.000340. The van der Waals surface area contributed by atoms with E-state index in [2.05, 4.69) is 75.5 Å². The number of benzene rings is 2. The van der Waals surface area contributed by atoms with Crippen LogP contribution in [0.2, 0.25) is 10.0 Å². The van der Waals surface area contributed by atoms with Crippen molar-refractivity contribution in [1.82, 2.24) is 41.7 Å². The summed E-state index contributed by atoms with van der Waals surface area (Å²) in [6.45, 7) is 25.5. The number of pyridine rings is 2. The second-order valence-corrected chi connectivity index (χ2v) is 15.9. The number of aldehydes is 1. The van der Waals surface area contributed by atoms with Gasteiger partial charge >= 0.3 is 0 Å². The molecule has 5 aromatic rings. The van der Waals surface area contributed by atoms with Gasteiger partial charge < -0.3 is 36.6 Å². The molecule has 0 aliphatic rings. The van der Waals surface area contributed by atoms with E-state index in [9.17, 15) is 9.59 Å². The molecule has 65 heavy (non-hydrogen) atoms. The predicted molar refractivity (Wildman–Crippen MR) is 271 cm³/mol. The maximum absolute atomic E-state index is 11.3. The van der Waals surface area contributed by atoms with Gasteiger partial charge in [-0.1, -0.05) is 95.6 Å². The number of allylic oxidation sites excluding steroid dienone is 1. The zero-order valence-corrected chi connectivity index (χ0v) is 40.7. The van der Waals surface area contributed by atoms with Crippen molar-refractivity contribution >= 4 is 64.6 Å². The van der Waals surface area contributed by atoms with Crippen molar-refractivity contribution < 1.29 is 19.5 Å². The Morgan fingerprint density at radius 1 is 0.985 bits per heavy atom. The van der Waals surface area contributed by atoms with Gasteiger partial charge in [-0.05, 0) is 85.2 Å². The average molecular weight is 934 g/mol. The normalized spacial score (nSPS) is 10.2. The van der Waals surface area contributed by atoms with Gasteiger partial charge in [0.2, 0.25) is 5.91 Å². The molecule has 8 N–H and O–H groups in total. The smallest absolute Gasteiger partial charge is 0.216 e. The number of aromatic amines is 1. The summed E-state index contributed by atoms with van der Waals surface area (Å²) in [6, 6.07) is 15.4. The number of unbranched alkanes of at least 4 members (excludes halogenated alkanes) is 1. The van der Waals surface area contributed by atoms with Gasteiger partial charge in [0, 0.05) is 98.8 Å². The van der Waals surface area contributed by atoms with E-state index in [0.29, 0.717) is 40.8 Å².